The summed E-state index contributed by atoms with van der Waals surface area (Å²) in [5.41, 5.74) is 4.07. The second-order valence-corrected chi connectivity index (χ2v) is 18.5. The Hall–Kier alpha value is -5.56. The van der Waals surface area contributed by atoms with Crippen molar-refractivity contribution in [1.29, 1.82) is 0 Å². The van der Waals surface area contributed by atoms with Crippen molar-refractivity contribution in [2.24, 2.45) is 0 Å². The maximum absolute atomic E-state index is 13.3. The number of anilines is 1. The SMILES string of the molecule is CCCCN(CCNCCc1ccc(O)c2c1OCC(=O)N2)C(=O)CCOCCc1ccc(CCN2CCC3(CC2)CN(C(=O)c2csc(C(C)C)n2)CCO3)cc1.O=C(O)C(F)(F)F.O=C(O)C(F)(F)F. The number of phenols is 1. The number of aromatic nitrogens is 1. The summed E-state index contributed by atoms with van der Waals surface area (Å²) in [5.74, 6) is -4.83. The fraction of sp³-hybridized carbons (Fsp3) is 0.583. The minimum atomic E-state index is -5.08. The van der Waals surface area contributed by atoms with Crippen molar-refractivity contribution in [1.82, 2.24) is 25.0 Å². The number of nitrogens with one attached hydrogen (secondary N) is 2. The summed E-state index contributed by atoms with van der Waals surface area (Å²) in [4.78, 5) is 66.8. The van der Waals surface area contributed by atoms with Crippen LogP contribution in [0.1, 0.15) is 91.0 Å². The lowest BCUT2D eigenvalue weighted by Crippen LogP contribution is -2.58. The van der Waals surface area contributed by atoms with Crippen LogP contribution in [-0.2, 0) is 47.9 Å². The zero-order valence-electron chi connectivity index (χ0n) is 40.5. The number of carbonyl (C=O) groups excluding carboxylic acids is 3. The molecule has 2 fully saturated rings. The van der Waals surface area contributed by atoms with Gasteiger partial charge < -0.3 is 54.9 Å². The highest BCUT2D eigenvalue weighted by Crippen LogP contribution is 2.39. The number of benzene rings is 2. The Morgan fingerprint density at radius 1 is 0.917 bits per heavy atom. The van der Waals surface area contributed by atoms with Gasteiger partial charge in [0.15, 0.2) is 12.4 Å². The number of phenolic OH excluding ortho intramolecular Hbond substituents is 1. The summed E-state index contributed by atoms with van der Waals surface area (Å²) in [6.07, 6.45) is -3.54. The van der Waals surface area contributed by atoms with E-state index in [1.807, 2.05) is 21.2 Å². The maximum Gasteiger partial charge on any atom is 0.490 e. The van der Waals surface area contributed by atoms with Crippen LogP contribution in [-0.4, -0.2) is 168 Å². The van der Waals surface area contributed by atoms with E-state index < -0.39 is 24.3 Å². The highest BCUT2D eigenvalue weighted by Gasteiger charge is 2.42. The number of hydrogen-bond donors (Lipinski definition) is 5. The Labute approximate surface area is 417 Å². The summed E-state index contributed by atoms with van der Waals surface area (Å²) >= 11 is 1.57. The molecule has 0 atom stereocenters. The number of ether oxygens (including phenoxy) is 3. The van der Waals surface area contributed by atoms with Crippen molar-refractivity contribution in [2.75, 3.05) is 90.6 Å². The van der Waals surface area contributed by atoms with E-state index in [-0.39, 0.29) is 35.7 Å². The first-order valence-corrected chi connectivity index (χ1v) is 24.5. The molecule has 3 aromatic rings. The van der Waals surface area contributed by atoms with E-state index in [9.17, 15) is 45.8 Å². The highest BCUT2D eigenvalue weighted by atomic mass is 32.1. The topological polar surface area (TPSA) is 220 Å². The largest absolute Gasteiger partial charge is 0.506 e. The van der Waals surface area contributed by atoms with Gasteiger partial charge in [0, 0.05) is 57.1 Å². The molecule has 3 amide bonds. The van der Waals surface area contributed by atoms with Crippen molar-refractivity contribution in [3.63, 3.8) is 0 Å². The maximum atomic E-state index is 13.3. The van der Waals surface area contributed by atoms with Crippen LogP contribution >= 0.6 is 11.3 Å². The molecule has 0 unspecified atom stereocenters. The number of hydrogen-bond acceptors (Lipinski definition) is 13. The number of thiazole rings is 1. The normalized spacial score (nSPS) is 15.6. The number of amides is 3. The molecule has 17 nitrogen and oxygen atoms in total. The number of carboxylic acid groups (broad SMARTS) is 2. The Kier molecular flexibility index (Phi) is 23.0. The van der Waals surface area contributed by atoms with Gasteiger partial charge in [-0.25, -0.2) is 14.6 Å². The fourth-order valence-corrected chi connectivity index (χ4v) is 8.58. The molecule has 1 aromatic heterocycles. The van der Waals surface area contributed by atoms with Gasteiger partial charge in [-0.05, 0) is 67.8 Å². The Bertz CT molecular complexity index is 2210. The number of carboxylic acids is 2. The molecule has 5 N–H and O–H groups in total. The highest BCUT2D eigenvalue weighted by molar-refractivity contribution is 7.09. The predicted octanol–water partition coefficient (Wildman–Crippen LogP) is 6.53. The van der Waals surface area contributed by atoms with Crippen molar-refractivity contribution in [2.45, 2.75) is 96.0 Å². The van der Waals surface area contributed by atoms with Gasteiger partial charge in [0.2, 0.25) is 5.91 Å². The lowest BCUT2D eigenvalue weighted by atomic mass is 9.89. The number of nitrogens with zero attached hydrogens (tertiary/aromatic N) is 4. The van der Waals surface area contributed by atoms with Gasteiger partial charge in [-0.15, -0.1) is 11.3 Å². The molecule has 0 aliphatic carbocycles. The first-order valence-electron chi connectivity index (χ1n) is 23.6. The summed E-state index contributed by atoms with van der Waals surface area (Å²) in [6.45, 7) is 14.7. The number of aromatic hydroxyl groups is 1. The molecule has 0 saturated carbocycles. The van der Waals surface area contributed by atoms with E-state index in [0.717, 1.165) is 75.3 Å². The van der Waals surface area contributed by atoms with Gasteiger partial charge in [0.05, 0.1) is 43.4 Å². The molecule has 72 heavy (non-hydrogen) atoms. The van der Waals surface area contributed by atoms with Crippen molar-refractivity contribution < 1.29 is 79.8 Å². The number of fused-ring (bicyclic) bond motifs is 1. The third-order valence-electron chi connectivity index (χ3n) is 11.9. The summed E-state index contributed by atoms with van der Waals surface area (Å²) in [7, 11) is 0. The molecule has 3 aliphatic rings. The molecule has 0 radical (unpaired) electrons. The number of rotatable bonds is 20. The fourth-order valence-electron chi connectivity index (χ4n) is 7.77. The minimum Gasteiger partial charge on any atom is -0.506 e. The number of aliphatic carboxylic acids is 2. The van der Waals surface area contributed by atoms with Crippen molar-refractivity contribution in [3.05, 3.63) is 69.2 Å². The Morgan fingerprint density at radius 2 is 1.56 bits per heavy atom. The molecule has 2 saturated heterocycles. The Morgan fingerprint density at radius 3 is 2.15 bits per heavy atom. The Balaban J connectivity index is 0.000000703. The predicted molar refractivity (Wildman–Crippen MR) is 253 cm³/mol. The lowest BCUT2D eigenvalue weighted by Gasteiger charge is -2.47. The first kappa shape index (κ1) is 59.0. The molecule has 1 spiro atoms. The molecule has 6 rings (SSSR count). The van der Waals surface area contributed by atoms with Gasteiger partial charge >= 0.3 is 24.3 Å². The molecule has 400 valence electrons. The van der Waals surface area contributed by atoms with Gasteiger partial charge in [-0.3, -0.25) is 14.4 Å². The van der Waals surface area contributed by atoms with Gasteiger partial charge in [0.1, 0.15) is 17.1 Å². The van der Waals surface area contributed by atoms with E-state index in [0.29, 0.717) is 88.4 Å². The number of halogens is 6. The molecule has 4 heterocycles. The van der Waals surface area contributed by atoms with Crippen LogP contribution < -0.4 is 15.4 Å². The molecule has 3 aliphatic heterocycles. The van der Waals surface area contributed by atoms with Crippen LogP contribution in [0.25, 0.3) is 0 Å². The monoisotopic (exact) mass is 1050 g/mol. The zero-order valence-corrected chi connectivity index (χ0v) is 41.4. The van der Waals surface area contributed by atoms with Crippen LogP contribution in [0.3, 0.4) is 0 Å². The number of carbonyl (C=O) groups is 5. The quantitative estimate of drug-likeness (QED) is 0.0462. The number of morpholine rings is 1. The van der Waals surface area contributed by atoms with Crippen molar-refractivity contribution in [3.8, 4) is 11.5 Å². The average molecular weight is 1050 g/mol. The molecular formula is C48H64F6N6O11S. The number of likely N-dealkylation sites (tertiary alicyclic amines) is 1. The van der Waals surface area contributed by atoms with Crippen LogP contribution in [0.15, 0.2) is 41.8 Å². The summed E-state index contributed by atoms with van der Waals surface area (Å²) < 4.78 is 81.3. The second kappa shape index (κ2) is 28.0. The second-order valence-electron chi connectivity index (χ2n) is 17.6. The number of alkyl halides is 6. The summed E-state index contributed by atoms with van der Waals surface area (Å²) in [6, 6.07) is 12.2. The summed E-state index contributed by atoms with van der Waals surface area (Å²) in [5, 5.41) is 33.4. The van der Waals surface area contributed by atoms with Crippen LogP contribution in [0.5, 0.6) is 11.5 Å². The smallest absolute Gasteiger partial charge is 0.490 e. The third-order valence-corrected chi connectivity index (χ3v) is 13.0. The zero-order chi connectivity index (χ0) is 53.1. The van der Waals surface area contributed by atoms with Crippen LogP contribution in [0, 0.1) is 0 Å². The first-order chi connectivity index (χ1) is 34.0. The average Bonchev–Trinajstić information content (AvgIpc) is 3.84. The number of piperidine rings is 1. The van der Waals surface area contributed by atoms with E-state index in [1.54, 1.807) is 17.4 Å². The van der Waals surface area contributed by atoms with E-state index >= 15 is 0 Å². The van der Waals surface area contributed by atoms with Crippen LogP contribution in [0.2, 0.25) is 0 Å². The van der Waals surface area contributed by atoms with Gasteiger partial charge in [0.25, 0.3) is 11.8 Å². The standard InChI is InChI=1S/C44H62N6O7S.2C2HF3O2/c1-4-5-20-49(24-19-45-18-12-35-10-11-37(51)40-41(35)56-29-38(52)47-40)39(53)15-27-55-26-14-34-8-6-33(7-9-34)13-21-48-22-16-44(17-23-48)31-50(25-28-57-44)43(54)36-30-58-42(46-36)32(2)3;2*3-2(4,5)1(6)7/h6-11,30,32,45,51H,4-5,12-29,31H2,1-3H3,(H,47,52);2*(H,6,7). The van der Waals surface area contributed by atoms with Gasteiger partial charge in [-0.1, -0.05) is 57.5 Å². The van der Waals surface area contributed by atoms with Crippen LogP contribution in [0.4, 0.5) is 32.0 Å². The van der Waals surface area contributed by atoms with Crippen molar-refractivity contribution >= 4 is 46.7 Å². The minimum absolute atomic E-state index is 0.00877. The van der Waals surface area contributed by atoms with Gasteiger partial charge in [-0.2, -0.15) is 26.3 Å². The number of unbranched alkanes of at least 4 members (excludes halogenated alkanes) is 1. The third kappa shape index (κ3) is 19.1. The molecular weight excluding hydrogens is 983 g/mol. The van der Waals surface area contributed by atoms with E-state index in [4.69, 9.17) is 34.0 Å². The molecule has 0 bridgehead atoms. The van der Waals surface area contributed by atoms with E-state index in [1.165, 1.54) is 11.1 Å². The lowest BCUT2D eigenvalue weighted by molar-refractivity contribution is -0.193. The van der Waals surface area contributed by atoms with E-state index in [2.05, 4.69) is 65.6 Å². The molecule has 24 heteroatoms. The molecule has 2 aromatic carbocycles.